The monoisotopic (exact) mass is 401 g/mol. The molecule has 0 radical (unpaired) electrons. The molecule has 4 rings (SSSR count). The number of ether oxygens (including phenoxy) is 2. The van der Waals surface area contributed by atoms with Crippen molar-refractivity contribution >= 4 is 16.6 Å². The molecule has 1 heterocycles. The normalized spacial score (nSPS) is 15.1. The molecule has 0 fully saturated rings. The van der Waals surface area contributed by atoms with E-state index in [0.717, 1.165) is 35.6 Å². The van der Waals surface area contributed by atoms with Crippen LogP contribution in [0.5, 0.6) is 11.6 Å². The molecule has 154 valence electrons. The molecule has 5 heteroatoms. The van der Waals surface area contributed by atoms with Crippen LogP contribution in [0, 0.1) is 11.3 Å². The summed E-state index contributed by atoms with van der Waals surface area (Å²) in [6.07, 6.45) is 5.00. The molecule has 1 aliphatic rings. The quantitative estimate of drug-likeness (QED) is 0.591. The molecule has 1 aromatic heterocycles. The molecular formula is C25H27N3O2. The van der Waals surface area contributed by atoms with Crippen molar-refractivity contribution in [2.75, 3.05) is 19.5 Å². The summed E-state index contributed by atoms with van der Waals surface area (Å²) < 4.78 is 11.4. The van der Waals surface area contributed by atoms with Crippen LogP contribution in [0.4, 0.5) is 5.69 Å². The molecular weight excluding hydrogens is 374 g/mol. The maximum Gasteiger partial charge on any atom is 0.217 e. The van der Waals surface area contributed by atoms with Crippen molar-refractivity contribution in [2.24, 2.45) is 0 Å². The zero-order valence-electron chi connectivity index (χ0n) is 17.6. The average molecular weight is 402 g/mol. The van der Waals surface area contributed by atoms with E-state index in [-0.39, 0.29) is 0 Å². The van der Waals surface area contributed by atoms with Crippen molar-refractivity contribution in [3.63, 3.8) is 0 Å². The van der Waals surface area contributed by atoms with E-state index >= 15 is 0 Å². The third kappa shape index (κ3) is 3.78. The Morgan fingerprint density at radius 1 is 1.10 bits per heavy atom. The summed E-state index contributed by atoms with van der Waals surface area (Å²) in [7, 11) is 1.68. The number of hydrogen-bond donors (Lipinski definition) is 1. The minimum absolute atomic E-state index is 0.437. The lowest BCUT2D eigenvalue weighted by Crippen LogP contribution is -2.23. The zero-order chi connectivity index (χ0) is 21.1. The van der Waals surface area contributed by atoms with E-state index in [1.165, 1.54) is 29.4 Å². The van der Waals surface area contributed by atoms with Crippen molar-refractivity contribution in [1.82, 2.24) is 4.98 Å². The number of aromatic nitrogens is 1. The maximum atomic E-state index is 9.97. The van der Waals surface area contributed by atoms with E-state index in [1.807, 2.05) is 37.3 Å². The first-order valence-electron chi connectivity index (χ1n) is 10.4. The number of pyridine rings is 1. The predicted octanol–water partition coefficient (Wildman–Crippen LogP) is 4.95. The van der Waals surface area contributed by atoms with E-state index < -0.39 is 5.41 Å². The van der Waals surface area contributed by atoms with Gasteiger partial charge in [-0.05, 0) is 74.1 Å². The molecule has 0 saturated carbocycles. The number of aryl methyl sites for hydroxylation is 1. The average Bonchev–Trinajstić information content (AvgIpc) is 2.79. The molecule has 1 unspecified atom stereocenters. The van der Waals surface area contributed by atoms with Gasteiger partial charge >= 0.3 is 0 Å². The van der Waals surface area contributed by atoms with Crippen molar-refractivity contribution in [3.05, 3.63) is 59.2 Å². The fraction of sp³-hybridized carbons (Fsp3) is 0.360. The van der Waals surface area contributed by atoms with Gasteiger partial charge in [0, 0.05) is 23.1 Å². The molecule has 0 saturated heterocycles. The Labute approximate surface area is 177 Å². The van der Waals surface area contributed by atoms with Gasteiger partial charge in [0.15, 0.2) is 0 Å². The summed E-state index contributed by atoms with van der Waals surface area (Å²) >= 11 is 0. The lowest BCUT2D eigenvalue weighted by atomic mass is 9.80. The second-order valence-electron chi connectivity index (χ2n) is 8.13. The van der Waals surface area contributed by atoms with E-state index in [9.17, 15) is 5.26 Å². The summed E-state index contributed by atoms with van der Waals surface area (Å²) in [5, 5.41) is 11.1. The third-order valence-corrected chi connectivity index (χ3v) is 6.10. The standard InChI is InChI=1S/C25H27N3O2/c1-25(16-26,13-14-30-19-10-8-18(27)9-11-19)17-7-12-21-20-5-3-4-6-22(20)24(29-2)28-23(21)15-17/h7-12,15H,3-6,13-14,27H2,1-2H3. The van der Waals surface area contributed by atoms with Crippen molar-refractivity contribution in [1.29, 1.82) is 5.26 Å². The summed E-state index contributed by atoms with van der Waals surface area (Å²) in [6.45, 7) is 2.39. The number of hydrogen-bond acceptors (Lipinski definition) is 5. The highest BCUT2D eigenvalue weighted by atomic mass is 16.5. The molecule has 3 aromatic rings. The summed E-state index contributed by atoms with van der Waals surface area (Å²) in [5.41, 5.74) is 10.2. The molecule has 30 heavy (non-hydrogen) atoms. The highest BCUT2D eigenvalue weighted by molar-refractivity contribution is 5.85. The second-order valence-corrected chi connectivity index (χ2v) is 8.13. The Balaban J connectivity index is 1.61. The minimum Gasteiger partial charge on any atom is -0.494 e. The van der Waals surface area contributed by atoms with Gasteiger partial charge in [-0.3, -0.25) is 0 Å². The van der Waals surface area contributed by atoms with Gasteiger partial charge in [-0.25, -0.2) is 4.98 Å². The number of benzene rings is 2. The van der Waals surface area contributed by atoms with Crippen LogP contribution in [0.3, 0.4) is 0 Å². The lowest BCUT2D eigenvalue weighted by molar-refractivity contribution is 0.285. The van der Waals surface area contributed by atoms with E-state index in [2.05, 4.69) is 18.2 Å². The zero-order valence-corrected chi connectivity index (χ0v) is 17.6. The predicted molar refractivity (Wildman–Crippen MR) is 119 cm³/mol. The van der Waals surface area contributed by atoms with Crippen LogP contribution in [0.15, 0.2) is 42.5 Å². The van der Waals surface area contributed by atoms with Gasteiger partial charge in [0.1, 0.15) is 5.75 Å². The molecule has 1 aliphatic carbocycles. The fourth-order valence-electron chi connectivity index (χ4n) is 4.21. The Kier molecular flexibility index (Phi) is 5.50. The molecule has 0 spiro atoms. The first kappa shape index (κ1) is 20.0. The number of nitrogen functional groups attached to an aromatic ring is 1. The number of nitrogens with two attached hydrogens (primary N) is 1. The largest absolute Gasteiger partial charge is 0.494 e. The molecule has 1 atom stereocenters. The van der Waals surface area contributed by atoms with Crippen LogP contribution in [0.1, 0.15) is 42.9 Å². The number of methoxy groups -OCH3 is 1. The van der Waals surface area contributed by atoms with Gasteiger partial charge in [-0.1, -0.05) is 12.1 Å². The molecule has 0 amide bonds. The lowest BCUT2D eigenvalue weighted by Gasteiger charge is -2.24. The van der Waals surface area contributed by atoms with Gasteiger partial charge in [0.05, 0.1) is 30.7 Å². The third-order valence-electron chi connectivity index (χ3n) is 6.10. The Hall–Kier alpha value is -3.26. The van der Waals surface area contributed by atoms with Crippen LogP contribution < -0.4 is 15.2 Å². The fourth-order valence-corrected chi connectivity index (χ4v) is 4.21. The molecule has 5 nitrogen and oxygen atoms in total. The number of anilines is 1. The smallest absolute Gasteiger partial charge is 0.217 e. The molecule has 0 bridgehead atoms. The SMILES string of the molecule is COc1nc2cc(C(C)(C#N)CCOc3ccc(N)cc3)ccc2c2c1CCCC2. The first-order valence-corrected chi connectivity index (χ1v) is 10.4. The second kappa shape index (κ2) is 8.23. The highest BCUT2D eigenvalue weighted by Gasteiger charge is 2.28. The van der Waals surface area contributed by atoms with Gasteiger partial charge in [0.2, 0.25) is 5.88 Å². The molecule has 2 aromatic carbocycles. The summed E-state index contributed by atoms with van der Waals surface area (Å²) in [6, 6.07) is 16.0. The van der Waals surface area contributed by atoms with E-state index in [4.69, 9.17) is 20.2 Å². The Morgan fingerprint density at radius 3 is 2.53 bits per heavy atom. The topological polar surface area (TPSA) is 81.2 Å². The van der Waals surface area contributed by atoms with Crippen molar-refractivity contribution in [3.8, 4) is 17.7 Å². The highest BCUT2D eigenvalue weighted by Crippen LogP contribution is 2.36. The number of nitrogens with zero attached hydrogens (tertiary/aromatic N) is 2. The van der Waals surface area contributed by atoms with Gasteiger partial charge in [-0.2, -0.15) is 5.26 Å². The van der Waals surface area contributed by atoms with Crippen molar-refractivity contribution in [2.45, 2.75) is 44.4 Å². The van der Waals surface area contributed by atoms with Gasteiger partial charge in [0.25, 0.3) is 0 Å². The van der Waals surface area contributed by atoms with Crippen LogP contribution in [0.25, 0.3) is 10.9 Å². The van der Waals surface area contributed by atoms with Gasteiger partial charge < -0.3 is 15.2 Å². The van der Waals surface area contributed by atoms with Crippen LogP contribution in [-0.4, -0.2) is 18.7 Å². The summed E-state index contributed by atoms with van der Waals surface area (Å²) in [4.78, 5) is 4.78. The molecule has 0 aliphatic heterocycles. The minimum atomic E-state index is -0.674. The number of rotatable bonds is 6. The Bertz CT molecular complexity index is 1100. The van der Waals surface area contributed by atoms with Crippen LogP contribution in [0.2, 0.25) is 0 Å². The van der Waals surface area contributed by atoms with E-state index in [1.54, 1.807) is 7.11 Å². The van der Waals surface area contributed by atoms with Crippen LogP contribution >= 0.6 is 0 Å². The first-order chi connectivity index (χ1) is 14.5. The number of nitriles is 1. The van der Waals surface area contributed by atoms with Gasteiger partial charge in [-0.15, -0.1) is 0 Å². The number of fused-ring (bicyclic) bond motifs is 3. The summed E-state index contributed by atoms with van der Waals surface area (Å²) in [5.74, 6) is 1.47. The molecule has 2 N–H and O–H groups in total. The Morgan fingerprint density at radius 2 is 1.83 bits per heavy atom. The van der Waals surface area contributed by atoms with Crippen LogP contribution in [-0.2, 0) is 18.3 Å². The van der Waals surface area contributed by atoms with E-state index in [0.29, 0.717) is 18.7 Å². The maximum absolute atomic E-state index is 9.97. The van der Waals surface area contributed by atoms with Crippen molar-refractivity contribution < 1.29 is 9.47 Å².